The molecular formula is C10H10ClFO2. The zero-order valence-electron chi connectivity index (χ0n) is 7.41. The van der Waals surface area contributed by atoms with Crippen LogP contribution in [0.2, 0.25) is 5.02 Å². The summed E-state index contributed by atoms with van der Waals surface area (Å²) in [5.74, 6) is -1.41. The fourth-order valence-electron chi connectivity index (χ4n) is 1.11. The molecule has 0 heterocycles. The molecule has 1 atom stereocenters. The second-order valence-electron chi connectivity index (χ2n) is 2.97. The number of aryl methyl sites for hydroxylation is 1. The molecule has 0 aliphatic carbocycles. The molecule has 0 bridgehead atoms. The number of rotatable bonds is 4. The lowest BCUT2D eigenvalue weighted by Crippen LogP contribution is -2.14. The monoisotopic (exact) mass is 216 g/mol. The Morgan fingerprint density at radius 3 is 2.86 bits per heavy atom. The number of carboxylic acids is 1. The summed E-state index contributed by atoms with van der Waals surface area (Å²) in [6.07, 6.45) is -1.43. The molecular weight excluding hydrogens is 207 g/mol. The van der Waals surface area contributed by atoms with Crippen LogP contribution in [0.3, 0.4) is 0 Å². The lowest BCUT2D eigenvalue weighted by molar-refractivity contribution is -0.142. The molecule has 2 nitrogen and oxygen atoms in total. The maximum atomic E-state index is 12.7. The van der Waals surface area contributed by atoms with Crippen LogP contribution < -0.4 is 0 Å². The van der Waals surface area contributed by atoms with Gasteiger partial charge in [0.25, 0.3) is 0 Å². The van der Waals surface area contributed by atoms with Crippen molar-refractivity contribution in [2.75, 3.05) is 0 Å². The van der Waals surface area contributed by atoms with E-state index in [0.717, 1.165) is 5.56 Å². The molecule has 14 heavy (non-hydrogen) atoms. The van der Waals surface area contributed by atoms with Crippen molar-refractivity contribution in [1.29, 1.82) is 0 Å². The summed E-state index contributed by atoms with van der Waals surface area (Å²) in [6, 6.07) is 6.97. The highest BCUT2D eigenvalue weighted by Gasteiger charge is 2.14. The van der Waals surface area contributed by atoms with Gasteiger partial charge in [0, 0.05) is 5.02 Å². The predicted octanol–water partition coefficient (Wildman–Crippen LogP) is 2.70. The molecule has 0 aliphatic heterocycles. The van der Waals surface area contributed by atoms with Gasteiger partial charge in [-0.3, -0.25) is 0 Å². The van der Waals surface area contributed by atoms with Crippen molar-refractivity contribution in [3.63, 3.8) is 0 Å². The summed E-state index contributed by atoms with van der Waals surface area (Å²) < 4.78 is 12.7. The third kappa shape index (κ3) is 3.34. The minimum atomic E-state index is -1.80. The van der Waals surface area contributed by atoms with E-state index in [1.807, 2.05) is 0 Å². The summed E-state index contributed by atoms with van der Waals surface area (Å²) in [4.78, 5) is 10.2. The highest BCUT2D eigenvalue weighted by molar-refractivity contribution is 6.30. The highest BCUT2D eigenvalue weighted by Crippen LogP contribution is 2.13. The molecule has 1 rings (SSSR count). The lowest BCUT2D eigenvalue weighted by atomic mass is 10.1. The molecule has 76 valence electrons. The number of carbonyl (C=O) groups is 1. The van der Waals surface area contributed by atoms with E-state index in [0.29, 0.717) is 11.4 Å². The number of halogens is 2. The fraction of sp³-hybridized carbons (Fsp3) is 0.300. The van der Waals surface area contributed by atoms with E-state index in [1.165, 1.54) is 0 Å². The summed E-state index contributed by atoms with van der Waals surface area (Å²) >= 11 is 5.71. The van der Waals surface area contributed by atoms with Crippen molar-refractivity contribution in [1.82, 2.24) is 0 Å². The second kappa shape index (κ2) is 4.96. The molecule has 1 unspecified atom stereocenters. The Balaban J connectivity index is 2.49. The van der Waals surface area contributed by atoms with Crippen molar-refractivity contribution in [2.45, 2.75) is 19.0 Å². The smallest absolute Gasteiger partial charge is 0.338 e. The molecule has 0 saturated carbocycles. The normalized spacial score (nSPS) is 12.4. The van der Waals surface area contributed by atoms with Gasteiger partial charge in [0.2, 0.25) is 0 Å². The number of aliphatic carboxylic acids is 1. The Labute approximate surface area is 86.3 Å². The van der Waals surface area contributed by atoms with Crippen LogP contribution in [0.1, 0.15) is 12.0 Å². The summed E-state index contributed by atoms with van der Waals surface area (Å²) in [7, 11) is 0. The van der Waals surface area contributed by atoms with Crippen LogP contribution in [0.15, 0.2) is 24.3 Å². The number of carboxylic acid groups (broad SMARTS) is 1. The van der Waals surface area contributed by atoms with E-state index >= 15 is 0 Å². The zero-order valence-corrected chi connectivity index (χ0v) is 8.17. The molecule has 0 amide bonds. The van der Waals surface area contributed by atoms with Gasteiger partial charge < -0.3 is 5.11 Å². The van der Waals surface area contributed by atoms with Crippen molar-refractivity contribution in [3.8, 4) is 0 Å². The van der Waals surface area contributed by atoms with E-state index in [4.69, 9.17) is 16.7 Å². The maximum Gasteiger partial charge on any atom is 0.338 e. The zero-order chi connectivity index (χ0) is 10.6. The van der Waals surface area contributed by atoms with Crippen LogP contribution in [-0.2, 0) is 11.2 Å². The first kappa shape index (κ1) is 11.0. The van der Waals surface area contributed by atoms with Gasteiger partial charge in [0.15, 0.2) is 6.17 Å². The molecule has 0 spiro atoms. The average Bonchev–Trinajstić information content (AvgIpc) is 2.14. The summed E-state index contributed by atoms with van der Waals surface area (Å²) in [5, 5.41) is 8.89. The number of hydrogen-bond donors (Lipinski definition) is 1. The average molecular weight is 217 g/mol. The second-order valence-corrected chi connectivity index (χ2v) is 3.41. The molecule has 1 aromatic carbocycles. The Bertz CT molecular complexity index is 328. The first-order chi connectivity index (χ1) is 6.59. The Morgan fingerprint density at radius 1 is 1.57 bits per heavy atom. The van der Waals surface area contributed by atoms with Crippen LogP contribution in [-0.4, -0.2) is 17.2 Å². The van der Waals surface area contributed by atoms with Gasteiger partial charge in [0.05, 0.1) is 0 Å². The van der Waals surface area contributed by atoms with Gasteiger partial charge in [-0.05, 0) is 30.5 Å². The summed E-state index contributed by atoms with van der Waals surface area (Å²) in [6.45, 7) is 0. The van der Waals surface area contributed by atoms with Crippen LogP contribution in [0, 0.1) is 0 Å². The molecule has 0 radical (unpaired) electrons. The standard InChI is InChI=1S/C10H10ClFO2/c11-8-3-1-2-7(6-8)4-5-9(12)10(13)14/h1-3,6,9H,4-5H2,(H,13,14). The van der Waals surface area contributed by atoms with E-state index in [1.54, 1.807) is 24.3 Å². The van der Waals surface area contributed by atoms with Crippen molar-refractivity contribution >= 4 is 17.6 Å². The van der Waals surface area contributed by atoms with E-state index in [2.05, 4.69) is 0 Å². The van der Waals surface area contributed by atoms with Gasteiger partial charge in [0.1, 0.15) is 0 Å². The predicted molar refractivity (Wildman–Crippen MR) is 52.3 cm³/mol. The van der Waals surface area contributed by atoms with Crippen molar-refractivity contribution in [2.24, 2.45) is 0 Å². The molecule has 0 aliphatic rings. The van der Waals surface area contributed by atoms with Gasteiger partial charge in [-0.25, -0.2) is 9.18 Å². The third-order valence-corrected chi connectivity index (χ3v) is 2.08. The van der Waals surface area contributed by atoms with E-state index < -0.39 is 12.1 Å². The largest absolute Gasteiger partial charge is 0.479 e. The first-order valence-electron chi connectivity index (χ1n) is 4.21. The molecule has 1 N–H and O–H groups in total. The van der Waals surface area contributed by atoms with Gasteiger partial charge in [-0.1, -0.05) is 23.7 Å². The first-order valence-corrected chi connectivity index (χ1v) is 4.58. The van der Waals surface area contributed by atoms with Crippen LogP contribution in [0.25, 0.3) is 0 Å². The van der Waals surface area contributed by atoms with Gasteiger partial charge in [-0.2, -0.15) is 0 Å². The van der Waals surface area contributed by atoms with Crippen LogP contribution in [0.5, 0.6) is 0 Å². The number of hydrogen-bond acceptors (Lipinski definition) is 1. The van der Waals surface area contributed by atoms with Crippen molar-refractivity contribution < 1.29 is 14.3 Å². The molecule has 0 aromatic heterocycles. The van der Waals surface area contributed by atoms with Crippen LogP contribution in [0.4, 0.5) is 4.39 Å². The molecule has 0 saturated heterocycles. The Hall–Kier alpha value is -1.09. The number of benzene rings is 1. The van der Waals surface area contributed by atoms with E-state index in [-0.39, 0.29) is 6.42 Å². The molecule has 1 aromatic rings. The van der Waals surface area contributed by atoms with E-state index in [9.17, 15) is 9.18 Å². The fourth-order valence-corrected chi connectivity index (χ4v) is 1.32. The third-order valence-electron chi connectivity index (χ3n) is 1.84. The van der Waals surface area contributed by atoms with Crippen molar-refractivity contribution in [3.05, 3.63) is 34.9 Å². The summed E-state index contributed by atoms with van der Waals surface area (Å²) in [5.41, 5.74) is 0.849. The molecule has 0 fully saturated rings. The topological polar surface area (TPSA) is 37.3 Å². The minimum absolute atomic E-state index is 0.0182. The Morgan fingerprint density at radius 2 is 2.29 bits per heavy atom. The van der Waals surface area contributed by atoms with Crippen LogP contribution >= 0.6 is 11.6 Å². The molecule has 4 heteroatoms. The quantitative estimate of drug-likeness (QED) is 0.840. The SMILES string of the molecule is O=C(O)C(F)CCc1cccc(Cl)c1. The minimum Gasteiger partial charge on any atom is -0.479 e. The van der Waals surface area contributed by atoms with Gasteiger partial charge >= 0.3 is 5.97 Å². The Kier molecular flexibility index (Phi) is 3.89. The maximum absolute atomic E-state index is 12.7. The highest BCUT2D eigenvalue weighted by atomic mass is 35.5. The van der Waals surface area contributed by atoms with Gasteiger partial charge in [-0.15, -0.1) is 0 Å². The lowest BCUT2D eigenvalue weighted by Gasteiger charge is -2.03. The number of alkyl halides is 1.